The van der Waals surface area contributed by atoms with Crippen molar-refractivity contribution in [2.24, 2.45) is 22.7 Å². The molecule has 5 rings (SSSR count). The van der Waals surface area contributed by atoms with E-state index in [9.17, 15) is 4.79 Å². The van der Waals surface area contributed by atoms with Crippen LogP contribution in [0.15, 0.2) is 79.1 Å². The molecule has 0 saturated heterocycles. The van der Waals surface area contributed by atoms with Gasteiger partial charge in [-0.05, 0) is 66.6 Å². The van der Waals surface area contributed by atoms with Crippen molar-refractivity contribution >= 4 is 63.3 Å². The number of fused-ring (bicyclic) bond motifs is 1. The zero-order valence-electron chi connectivity index (χ0n) is 31.8. The van der Waals surface area contributed by atoms with Crippen LogP contribution in [0.25, 0.3) is 11.2 Å². The molecule has 12 heteroatoms. The summed E-state index contributed by atoms with van der Waals surface area (Å²) in [7, 11) is -3.00. The minimum absolute atomic E-state index is 0.0126. The van der Waals surface area contributed by atoms with E-state index in [1.54, 1.807) is 27.1 Å². The number of carbonyl (C=O) groups excluding carboxylic acids is 1. The second-order valence-corrected chi connectivity index (χ2v) is 21.2. The molecule has 1 saturated carbocycles. The highest BCUT2D eigenvalue weighted by atomic mass is 35.5. The molecule has 1 aliphatic rings. The smallest absolute Gasteiger partial charge is 0.414 e. The summed E-state index contributed by atoms with van der Waals surface area (Å²) in [4.78, 5) is 26.6. The quantitative estimate of drug-likeness (QED) is 0.105. The van der Waals surface area contributed by atoms with Crippen LogP contribution in [-0.4, -0.2) is 55.4 Å². The van der Waals surface area contributed by atoms with Gasteiger partial charge in [0.1, 0.15) is 11.1 Å². The summed E-state index contributed by atoms with van der Waals surface area (Å²) in [5.41, 5.74) is -0.400. The zero-order valence-corrected chi connectivity index (χ0v) is 34.6. The van der Waals surface area contributed by atoms with Crippen LogP contribution in [0, 0.1) is 22.7 Å². The topological polar surface area (TPSA) is 100 Å². The summed E-state index contributed by atoms with van der Waals surface area (Å²) in [6, 6.07) is 21.1. The molecule has 1 N–H and O–H groups in total. The van der Waals surface area contributed by atoms with Crippen LogP contribution in [0.4, 0.5) is 10.7 Å². The summed E-state index contributed by atoms with van der Waals surface area (Å²) >= 11 is 6.71. The third-order valence-corrected chi connectivity index (χ3v) is 12.4. The molecule has 4 aromatic rings. The number of nitrogens with zero attached hydrogens (tertiary/aromatic N) is 4. The molecule has 1 aliphatic carbocycles. The molecular formula is C39H52ClN5O4Si2. The van der Waals surface area contributed by atoms with Gasteiger partial charge in [0.2, 0.25) is 15.0 Å². The maximum atomic E-state index is 12.7. The fourth-order valence-electron chi connectivity index (χ4n) is 7.02. The van der Waals surface area contributed by atoms with E-state index in [0.717, 1.165) is 5.57 Å². The van der Waals surface area contributed by atoms with E-state index >= 15 is 0 Å². The maximum Gasteiger partial charge on any atom is 0.414 e. The fraction of sp³-hybridized carbons (Fsp3) is 0.487. The Hall–Kier alpha value is -3.36. The molecule has 0 aliphatic heterocycles. The Morgan fingerprint density at radius 3 is 2.02 bits per heavy atom. The summed E-state index contributed by atoms with van der Waals surface area (Å²) < 4.78 is 22.1. The molecule has 272 valence electrons. The molecule has 9 nitrogen and oxygen atoms in total. The van der Waals surface area contributed by atoms with Crippen LogP contribution in [0.3, 0.4) is 0 Å². The van der Waals surface area contributed by atoms with E-state index in [0.29, 0.717) is 17.6 Å². The predicted octanol–water partition coefficient (Wildman–Crippen LogP) is 8.22. The van der Waals surface area contributed by atoms with Crippen LogP contribution in [0.2, 0.25) is 18.2 Å². The van der Waals surface area contributed by atoms with Gasteiger partial charge in [-0.3, -0.25) is 9.88 Å². The van der Waals surface area contributed by atoms with Gasteiger partial charge in [0.15, 0.2) is 16.5 Å². The summed E-state index contributed by atoms with van der Waals surface area (Å²) in [5.74, 6) is 0.00551. The first kappa shape index (κ1) is 38.9. The molecule has 0 spiro atoms. The molecule has 2 aromatic heterocycles. The van der Waals surface area contributed by atoms with Gasteiger partial charge in [0, 0.05) is 12.3 Å². The van der Waals surface area contributed by atoms with Crippen molar-refractivity contribution in [3.05, 3.63) is 84.3 Å². The van der Waals surface area contributed by atoms with Gasteiger partial charge in [-0.2, -0.15) is 9.97 Å². The lowest BCUT2D eigenvalue weighted by Gasteiger charge is -2.44. The molecule has 1 amide bonds. The number of anilines is 1. The highest BCUT2D eigenvalue weighted by Crippen LogP contribution is 2.58. The van der Waals surface area contributed by atoms with Gasteiger partial charge in [-0.15, -0.1) is 0 Å². The standard InChI is InChI=1S/C39H52ClN5O4Si2/c1-25-29(31(37(5,6)7)48-51(26-19-15-13-16-20-26)27-21-17-14-18-22-27)28(36(2,3)4)23-39(25,49-50(11)12)45-24-41-30-32(40)42-34(43-33(30)45)44-35(46)47-38(8,9)10/h13-22,24,28-29,31H,1,23H2,2-12H3,(H,42,43,44,46)/t28-,29-,31?,39-/m0/s1. The van der Waals surface area contributed by atoms with Gasteiger partial charge in [-0.1, -0.05) is 120 Å². The fourth-order valence-corrected chi connectivity index (χ4v) is 10.6. The maximum absolute atomic E-state index is 12.7. The van der Waals surface area contributed by atoms with Crippen LogP contribution >= 0.6 is 11.6 Å². The van der Waals surface area contributed by atoms with Gasteiger partial charge in [-0.25, -0.2) is 9.78 Å². The Kier molecular flexibility index (Phi) is 11.1. The van der Waals surface area contributed by atoms with Gasteiger partial charge >= 0.3 is 6.09 Å². The summed E-state index contributed by atoms with van der Waals surface area (Å²) in [5, 5.41) is 5.14. The number of halogens is 1. The third kappa shape index (κ3) is 8.49. The second kappa shape index (κ2) is 14.6. The average Bonchev–Trinajstić information content (AvgIpc) is 3.57. The SMILES string of the molecule is C=C1[C@H](C(O[Si](c2ccccc2)c2ccccc2)C(C)(C)C)[C@@H](C(C)(C)C)C[C@@]1(O[Si](C)C)n1cnc2c(Cl)nc(NC(=O)OC(C)(C)C)nc21. The van der Waals surface area contributed by atoms with Crippen molar-refractivity contribution < 1.29 is 18.4 Å². The first-order valence-corrected chi connectivity index (χ1v) is 21.6. The number of imidazole rings is 1. The van der Waals surface area contributed by atoms with Crippen LogP contribution in [0.5, 0.6) is 0 Å². The van der Waals surface area contributed by atoms with Crippen molar-refractivity contribution in [1.82, 2.24) is 19.5 Å². The zero-order chi connectivity index (χ0) is 37.5. The normalized spacial score (nSPS) is 20.7. The number of ether oxygens (including phenoxy) is 1. The number of hydrogen-bond donors (Lipinski definition) is 1. The first-order valence-electron chi connectivity index (χ1n) is 17.5. The van der Waals surface area contributed by atoms with E-state index in [4.69, 9.17) is 36.8 Å². The minimum Gasteiger partial charge on any atom is -0.444 e. The van der Waals surface area contributed by atoms with Crippen molar-refractivity contribution in [3.63, 3.8) is 0 Å². The summed E-state index contributed by atoms with van der Waals surface area (Å²) in [6.07, 6.45) is 1.43. The minimum atomic E-state index is -1.68. The number of nitrogens with one attached hydrogen (secondary N) is 1. The van der Waals surface area contributed by atoms with Gasteiger partial charge in [0.25, 0.3) is 9.04 Å². The Balaban J connectivity index is 1.67. The number of amides is 1. The van der Waals surface area contributed by atoms with Crippen LogP contribution in [-0.2, 0) is 19.3 Å². The van der Waals surface area contributed by atoms with Gasteiger partial charge in [0.05, 0.1) is 12.4 Å². The largest absolute Gasteiger partial charge is 0.444 e. The average molecular weight is 747 g/mol. The summed E-state index contributed by atoms with van der Waals surface area (Å²) in [6.45, 7) is 28.1. The van der Waals surface area contributed by atoms with Crippen molar-refractivity contribution in [3.8, 4) is 0 Å². The van der Waals surface area contributed by atoms with Crippen molar-refractivity contribution in [2.75, 3.05) is 5.32 Å². The third-order valence-electron chi connectivity index (χ3n) is 9.17. The van der Waals surface area contributed by atoms with E-state index in [1.165, 1.54) is 10.4 Å². The molecule has 2 aromatic carbocycles. The molecule has 2 radical (unpaired) electrons. The number of aromatic nitrogens is 4. The second-order valence-electron chi connectivity index (χ2n) is 16.7. The number of benzene rings is 2. The number of rotatable bonds is 9. The Labute approximate surface area is 311 Å². The first-order chi connectivity index (χ1) is 23.7. The van der Waals surface area contributed by atoms with Gasteiger partial charge < -0.3 is 13.6 Å². The molecule has 2 heterocycles. The number of carbonyl (C=O) groups is 1. The Morgan fingerprint density at radius 1 is 0.961 bits per heavy atom. The molecule has 4 atom stereocenters. The molecule has 1 unspecified atom stereocenters. The number of hydrogen-bond acceptors (Lipinski definition) is 7. The molecule has 1 fully saturated rings. The molecule has 0 bridgehead atoms. The van der Waals surface area contributed by atoms with E-state index < -0.39 is 35.5 Å². The molecular weight excluding hydrogens is 694 g/mol. The monoisotopic (exact) mass is 745 g/mol. The Morgan fingerprint density at radius 2 is 1.53 bits per heavy atom. The van der Waals surface area contributed by atoms with Crippen molar-refractivity contribution in [2.45, 2.75) is 99.3 Å². The van der Waals surface area contributed by atoms with E-state index in [1.807, 2.05) is 16.7 Å². The van der Waals surface area contributed by atoms with Crippen LogP contribution < -0.4 is 15.7 Å². The predicted molar refractivity (Wildman–Crippen MR) is 209 cm³/mol. The van der Waals surface area contributed by atoms with Crippen LogP contribution in [0.1, 0.15) is 68.7 Å². The highest BCUT2D eigenvalue weighted by molar-refractivity contribution is 6.80. The van der Waals surface area contributed by atoms with Crippen molar-refractivity contribution in [1.29, 1.82) is 0 Å². The lowest BCUT2D eigenvalue weighted by molar-refractivity contribution is 0.00723. The lowest BCUT2D eigenvalue weighted by Crippen LogP contribution is -2.53. The molecule has 51 heavy (non-hydrogen) atoms. The lowest BCUT2D eigenvalue weighted by atomic mass is 9.68. The van der Waals surface area contributed by atoms with E-state index in [-0.39, 0.29) is 39.9 Å². The Bertz CT molecular complexity index is 1810. The van der Waals surface area contributed by atoms with E-state index in [2.05, 4.69) is 118 Å². The highest BCUT2D eigenvalue weighted by Gasteiger charge is 2.59.